The normalized spacial score (nSPS) is 17.1. The summed E-state index contributed by atoms with van der Waals surface area (Å²) >= 11 is 0. The van der Waals surface area contributed by atoms with Crippen LogP contribution in [0.3, 0.4) is 0 Å². The van der Waals surface area contributed by atoms with Gasteiger partial charge in [0.1, 0.15) is 0 Å². The van der Waals surface area contributed by atoms with E-state index in [1.807, 2.05) is 30.3 Å². The van der Waals surface area contributed by atoms with Crippen LogP contribution in [0.25, 0.3) is 11.5 Å². The molecule has 1 saturated heterocycles. The summed E-state index contributed by atoms with van der Waals surface area (Å²) in [5.74, 6) is 1.29. The van der Waals surface area contributed by atoms with Crippen LogP contribution in [-0.2, 0) is 6.54 Å². The van der Waals surface area contributed by atoms with E-state index in [0.29, 0.717) is 11.8 Å². The van der Waals surface area contributed by atoms with Crippen molar-refractivity contribution in [3.63, 3.8) is 0 Å². The summed E-state index contributed by atoms with van der Waals surface area (Å²) in [6, 6.07) is 18.9. The molecule has 1 aliphatic rings. The molecule has 2 heterocycles. The number of nitrogens with zero attached hydrogens (tertiary/aromatic N) is 4. The van der Waals surface area contributed by atoms with Crippen LogP contribution in [0.15, 0.2) is 59.0 Å². The molecule has 2 aromatic carbocycles. The van der Waals surface area contributed by atoms with Gasteiger partial charge in [0.05, 0.1) is 6.04 Å². The topological polar surface area (TPSA) is 45.4 Å². The molecule has 1 unspecified atom stereocenters. The van der Waals surface area contributed by atoms with Gasteiger partial charge >= 0.3 is 0 Å². The van der Waals surface area contributed by atoms with Gasteiger partial charge in [-0.25, -0.2) is 0 Å². The molecular weight excluding hydrogens is 336 g/mol. The number of aromatic nitrogens is 2. The largest absolute Gasteiger partial charge is 0.419 e. The molecule has 3 aromatic rings. The van der Waals surface area contributed by atoms with E-state index < -0.39 is 0 Å². The van der Waals surface area contributed by atoms with Gasteiger partial charge in [-0.3, -0.25) is 9.80 Å². The van der Waals surface area contributed by atoms with Gasteiger partial charge in [0.25, 0.3) is 0 Å². The first-order valence-electron chi connectivity index (χ1n) is 9.60. The van der Waals surface area contributed by atoms with Gasteiger partial charge in [-0.2, -0.15) is 0 Å². The van der Waals surface area contributed by atoms with Crippen molar-refractivity contribution in [1.29, 1.82) is 0 Å². The maximum atomic E-state index is 5.94. The molecular formula is C22H26N4O. The minimum atomic E-state index is 0.135. The Kier molecular flexibility index (Phi) is 5.32. The molecule has 140 valence electrons. The lowest BCUT2D eigenvalue weighted by atomic mass is 10.1. The minimum Gasteiger partial charge on any atom is -0.419 e. The maximum Gasteiger partial charge on any atom is 0.247 e. The maximum absolute atomic E-state index is 5.94. The number of hydrogen-bond acceptors (Lipinski definition) is 5. The Morgan fingerprint density at radius 3 is 2.48 bits per heavy atom. The third kappa shape index (κ3) is 4.26. The fourth-order valence-electron chi connectivity index (χ4n) is 3.63. The second-order valence-corrected chi connectivity index (χ2v) is 7.29. The lowest BCUT2D eigenvalue weighted by Crippen LogP contribution is -2.46. The molecule has 1 fully saturated rings. The Bertz CT molecular complexity index is 869. The van der Waals surface area contributed by atoms with E-state index in [1.165, 1.54) is 11.1 Å². The van der Waals surface area contributed by atoms with Gasteiger partial charge in [0.15, 0.2) is 0 Å². The van der Waals surface area contributed by atoms with Crippen LogP contribution >= 0.6 is 0 Å². The predicted molar refractivity (Wildman–Crippen MR) is 106 cm³/mol. The zero-order valence-corrected chi connectivity index (χ0v) is 16.0. The van der Waals surface area contributed by atoms with Gasteiger partial charge in [0.2, 0.25) is 11.8 Å². The number of aryl methyl sites for hydroxylation is 1. The Morgan fingerprint density at radius 1 is 0.963 bits per heavy atom. The molecule has 1 aromatic heterocycles. The summed E-state index contributed by atoms with van der Waals surface area (Å²) in [5.41, 5.74) is 3.68. The van der Waals surface area contributed by atoms with Crippen LogP contribution in [0.1, 0.15) is 30.0 Å². The summed E-state index contributed by atoms with van der Waals surface area (Å²) in [6.07, 6.45) is 0. The summed E-state index contributed by atoms with van der Waals surface area (Å²) in [5, 5.41) is 8.52. The highest BCUT2D eigenvalue weighted by atomic mass is 16.4. The van der Waals surface area contributed by atoms with Gasteiger partial charge in [-0.05, 0) is 31.5 Å². The monoisotopic (exact) mass is 362 g/mol. The lowest BCUT2D eigenvalue weighted by Gasteiger charge is -2.36. The van der Waals surface area contributed by atoms with E-state index in [4.69, 9.17) is 4.42 Å². The van der Waals surface area contributed by atoms with Crippen molar-refractivity contribution < 1.29 is 4.42 Å². The van der Waals surface area contributed by atoms with E-state index in [0.717, 1.165) is 38.3 Å². The van der Waals surface area contributed by atoms with Crippen molar-refractivity contribution in [2.45, 2.75) is 26.4 Å². The molecule has 0 amide bonds. The Balaban J connectivity index is 1.35. The molecule has 0 saturated carbocycles. The molecule has 5 nitrogen and oxygen atoms in total. The van der Waals surface area contributed by atoms with Gasteiger partial charge in [-0.15, -0.1) is 10.2 Å². The fourth-order valence-corrected chi connectivity index (χ4v) is 3.63. The second-order valence-electron chi connectivity index (χ2n) is 7.29. The average molecular weight is 362 g/mol. The van der Waals surface area contributed by atoms with E-state index in [1.54, 1.807) is 0 Å². The standard InChI is InChI=1S/C22H26N4O/c1-17-7-6-8-19(15-17)16-25-11-13-26(14-12-25)18(2)21-23-24-22(27-21)20-9-4-3-5-10-20/h3-10,15,18H,11-14,16H2,1-2H3. The van der Waals surface area contributed by atoms with E-state index in [9.17, 15) is 0 Å². The minimum absolute atomic E-state index is 0.135. The quantitative estimate of drug-likeness (QED) is 0.688. The summed E-state index contributed by atoms with van der Waals surface area (Å²) < 4.78 is 5.94. The zero-order valence-electron chi connectivity index (χ0n) is 16.0. The molecule has 0 aliphatic carbocycles. The molecule has 27 heavy (non-hydrogen) atoms. The van der Waals surface area contributed by atoms with Crippen LogP contribution in [0.2, 0.25) is 0 Å². The van der Waals surface area contributed by atoms with Crippen molar-refractivity contribution in [2.75, 3.05) is 26.2 Å². The first-order chi connectivity index (χ1) is 13.2. The van der Waals surface area contributed by atoms with Crippen LogP contribution in [0.5, 0.6) is 0 Å². The highest BCUT2D eigenvalue weighted by molar-refractivity contribution is 5.51. The Hall–Kier alpha value is -2.50. The molecule has 4 rings (SSSR count). The number of rotatable bonds is 5. The highest BCUT2D eigenvalue weighted by Crippen LogP contribution is 2.25. The molecule has 0 bridgehead atoms. The lowest BCUT2D eigenvalue weighted by molar-refractivity contribution is 0.0876. The second kappa shape index (κ2) is 8.03. The van der Waals surface area contributed by atoms with Crippen molar-refractivity contribution in [2.24, 2.45) is 0 Å². The van der Waals surface area contributed by atoms with Crippen molar-refractivity contribution in [3.8, 4) is 11.5 Å². The molecule has 0 N–H and O–H groups in total. The fraction of sp³-hybridized carbons (Fsp3) is 0.364. The third-order valence-electron chi connectivity index (χ3n) is 5.26. The molecule has 0 spiro atoms. The van der Waals surface area contributed by atoms with Crippen molar-refractivity contribution in [1.82, 2.24) is 20.0 Å². The highest BCUT2D eigenvalue weighted by Gasteiger charge is 2.25. The van der Waals surface area contributed by atoms with Gasteiger partial charge in [-0.1, -0.05) is 48.0 Å². The Labute approximate surface area is 160 Å². The average Bonchev–Trinajstić information content (AvgIpc) is 3.19. The molecule has 5 heteroatoms. The van der Waals surface area contributed by atoms with E-state index in [-0.39, 0.29) is 6.04 Å². The third-order valence-corrected chi connectivity index (χ3v) is 5.26. The first-order valence-corrected chi connectivity index (χ1v) is 9.60. The summed E-state index contributed by atoms with van der Waals surface area (Å²) in [7, 11) is 0. The summed E-state index contributed by atoms with van der Waals surface area (Å²) in [6.45, 7) is 9.44. The Morgan fingerprint density at radius 2 is 1.74 bits per heavy atom. The number of benzene rings is 2. The molecule has 1 atom stereocenters. The molecule has 0 radical (unpaired) electrons. The number of piperazine rings is 1. The van der Waals surface area contributed by atoms with E-state index in [2.05, 4.69) is 58.1 Å². The van der Waals surface area contributed by atoms with Crippen LogP contribution in [-0.4, -0.2) is 46.2 Å². The molecule has 1 aliphatic heterocycles. The van der Waals surface area contributed by atoms with E-state index >= 15 is 0 Å². The SMILES string of the molecule is Cc1cccc(CN2CCN(C(C)c3nnc(-c4ccccc4)o3)CC2)c1. The van der Waals surface area contributed by atoms with Crippen LogP contribution < -0.4 is 0 Å². The zero-order chi connectivity index (χ0) is 18.6. The first kappa shape index (κ1) is 17.9. The van der Waals surface area contributed by atoms with Crippen LogP contribution in [0, 0.1) is 6.92 Å². The summed E-state index contributed by atoms with van der Waals surface area (Å²) in [4.78, 5) is 4.94. The van der Waals surface area contributed by atoms with Gasteiger partial charge < -0.3 is 4.42 Å². The number of hydrogen-bond donors (Lipinski definition) is 0. The van der Waals surface area contributed by atoms with Crippen molar-refractivity contribution in [3.05, 3.63) is 71.6 Å². The predicted octanol–water partition coefficient (Wildman–Crippen LogP) is 3.92. The smallest absolute Gasteiger partial charge is 0.247 e. The van der Waals surface area contributed by atoms with Crippen molar-refractivity contribution >= 4 is 0 Å². The van der Waals surface area contributed by atoms with Crippen LogP contribution in [0.4, 0.5) is 0 Å². The van der Waals surface area contributed by atoms with Gasteiger partial charge in [0, 0.05) is 38.3 Å².